The van der Waals surface area contributed by atoms with Crippen LogP contribution < -0.4 is 5.73 Å². The van der Waals surface area contributed by atoms with Crippen LogP contribution in [0.4, 0.5) is 5.69 Å². The second-order valence-electron chi connectivity index (χ2n) is 4.79. The van der Waals surface area contributed by atoms with Gasteiger partial charge in [0, 0.05) is 12.1 Å². The molecule has 0 aliphatic carbocycles. The molecule has 0 aromatic heterocycles. The first-order valence-corrected chi connectivity index (χ1v) is 5.39. The van der Waals surface area contributed by atoms with Crippen molar-refractivity contribution in [1.29, 1.82) is 0 Å². The fourth-order valence-corrected chi connectivity index (χ4v) is 1.33. The Labute approximate surface area is 101 Å². The highest BCUT2D eigenvalue weighted by molar-refractivity contribution is 5.91. The average molecular weight is 235 g/mol. The Morgan fingerprint density at radius 3 is 2.53 bits per heavy atom. The zero-order valence-electron chi connectivity index (χ0n) is 10.3. The average Bonchev–Trinajstić information content (AvgIpc) is 2.18. The van der Waals surface area contributed by atoms with Crippen LogP contribution in [0.3, 0.4) is 0 Å². The van der Waals surface area contributed by atoms with Crippen molar-refractivity contribution in [3.8, 4) is 0 Å². The third-order valence-corrected chi connectivity index (χ3v) is 2.08. The Bertz CT molecular complexity index is 433. The summed E-state index contributed by atoms with van der Waals surface area (Å²) < 4.78 is 5.21. The van der Waals surface area contributed by atoms with Gasteiger partial charge in [0.1, 0.15) is 11.9 Å². The number of anilines is 1. The van der Waals surface area contributed by atoms with E-state index in [9.17, 15) is 9.59 Å². The molecule has 0 bridgehead atoms. The number of benzene rings is 1. The third-order valence-electron chi connectivity index (χ3n) is 2.08. The number of carbonyl (C=O) groups excluding carboxylic acids is 2. The molecule has 1 aromatic rings. The van der Waals surface area contributed by atoms with E-state index >= 15 is 0 Å². The molecule has 0 unspecified atom stereocenters. The summed E-state index contributed by atoms with van der Waals surface area (Å²) in [5.41, 5.74) is 6.75. The molecular weight excluding hydrogens is 218 g/mol. The first-order chi connectivity index (χ1) is 7.83. The van der Waals surface area contributed by atoms with Gasteiger partial charge in [-0.3, -0.25) is 0 Å². The minimum Gasteiger partial charge on any atom is -0.456 e. The van der Waals surface area contributed by atoms with E-state index in [1.807, 2.05) is 0 Å². The van der Waals surface area contributed by atoms with Crippen LogP contribution in [0, 0.1) is 0 Å². The maximum Gasteiger partial charge on any atom is 0.338 e. The topological polar surface area (TPSA) is 69.4 Å². The van der Waals surface area contributed by atoms with Crippen molar-refractivity contribution in [3.05, 3.63) is 29.3 Å². The number of ether oxygens (including phenoxy) is 1. The smallest absolute Gasteiger partial charge is 0.338 e. The summed E-state index contributed by atoms with van der Waals surface area (Å²) in [5.74, 6) is -0.415. The summed E-state index contributed by atoms with van der Waals surface area (Å²) in [6.07, 6.45) is 1.03. The fourth-order valence-electron chi connectivity index (χ4n) is 1.33. The van der Waals surface area contributed by atoms with E-state index in [-0.39, 0.29) is 6.42 Å². The Morgan fingerprint density at radius 2 is 2.06 bits per heavy atom. The van der Waals surface area contributed by atoms with Gasteiger partial charge in [-0.05, 0) is 38.5 Å². The van der Waals surface area contributed by atoms with Gasteiger partial charge in [0.25, 0.3) is 0 Å². The van der Waals surface area contributed by atoms with Crippen LogP contribution in [0.5, 0.6) is 0 Å². The molecule has 1 aromatic carbocycles. The molecule has 0 spiro atoms. The molecule has 0 amide bonds. The van der Waals surface area contributed by atoms with Crippen LogP contribution in [-0.2, 0) is 16.0 Å². The summed E-state index contributed by atoms with van der Waals surface area (Å²) >= 11 is 0. The van der Waals surface area contributed by atoms with Crippen molar-refractivity contribution in [2.75, 3.05) is 5.73 Å². The minimum absolute atomic E-state index is 0.250. The van der Waals surface area contributed by atoms with Crippen LogP contribution in [0.25, 0.3) is 0 Å². The molecule has 0 heterocycles. The van der Waals surface area contributed by atoms with Crippen molar-refractivity contribution in [1.82, 2.24) is 0 Å². The van der Waals surface area contributed by atoms with Crippen LogP contribution in [0.1, 0.15) is 36.7 Å². The zero-order chi connectivity index (χ0) is 13.1. The van der Waals surface area contributed by atoms with Gasteiger partial charge in [-0.15, -0.1) is 0 Å². The summed E-state index contributed by atoms with van der Waals surface area (Å²) in [5, 5.41) is 0. The van der Waals surface area contributed by atoms with Crippen LogP contribution in [-0.4, -0.2) is 17.9 Å². The van der Waals surface area contributed by atoms with Gasteiger partial charge in [0.2, 0.25) is 0 Å². The first-order valence-electron chi connectivity index (χ1n) is 5.39. The van der Waals surface area contributed by atoms with Gasteiger partial charge >= 0.3 is 5.97 Å². The Balaban J connectivity index is 2.90. The minimum atomic E-state index is -0.534. The number of hydrogen-bond acceptors (Lipinski definition) is 4. The number of aldehydes is 1. The van der Waals surface area contributed by atoms with Gasteiger partial charge in [0.15, 0.2) is 0 Å². The maximum atomic E-state index is 11.7. The molecule has 0 fully saturated rings. The molecule has 4 nitrogen and oxygen atoms in total. The van der Waals surface area contributed by atoms with Crippen molar-refractivity contribution in [2.24, 2.45) is 0 Å². The summed E-state index contributed by atoms with van der Waals surface area (Å²) in [6, 6.07) is 4.82. The summed E-state index contributed by atoms with van der Waals surface area (Å²) in [6.45, 7) is 5.40. The number of hydrogen-bond donors (Lipinski definition) is 1. The summed E-state index contributed by atoms with van der Waals surface area (Å²) in [4.78, 5) is 22.1. The normalized spacial score (nSPS) is 11.0. The molecule has 2 N–H and O–H groups in total. The second kappa shape index (κ2) is 4.99. The van der Waals surface area contributed by atoms with Crippen molar-refractivity contribution < 1.29 is 14.3 Å². The molecule has 17 heavy (non-hydrogen) atoms. The van der Waals surface area contributed by atoms with E-state index in [1.165, 1.54) is 6.07 Å². The molecule has 0 saturated heterocycles. The standard InChI is InChI=1S/C13H17NO3/c1-13(2,3)17-12(16)10-5-4-9(6-7-15)11(14)8-10/h4-5,7-8H,6,14H2,1-3H3. The SMILES string of the molecule is CC(C)(C)OC(=O)c1ccc(CC=O)c(N)c1. The zero-order valence-corrected chi connectivity index (χ0v) is 10.3. The van der Waals surface area contributed by atoms with E-state index in [1.54, 1.807) is 32.9 Å². The maximum absolute atomic E-state index is 11.7. The lowest BCUT2D eigenvalue weighted by Gasteiger charge is -2.19. The monoisotopic (exact) mass is 235 g/mol. The van der Waals surface area contributed by atoms with Crippen LogP contribution >= 0.6 is 0 Å². The quantitative estimate of drug-likeness (QED) is 0.494. The number of nitrogens with two attached hydrogens (primary N) is 1. The number of nitrogen functional groups attached to an aromatic ring is 1. The van der Waals surface area contributed by atoms with Crippen molar-refractivity contribution in [3.63, 3.8) is 0 Å². The predicted molar refractivity (Wildman–Crippen MR) is 65.8 cm³/mol. The van der Waals surface area contributed by atoms with Gasteiger partial charge in [-0.1, -0.05) is 6.07 Å². The third kappa shape index (κ3) is 3.90. The lowest BCUT2D eigenvalue weighted by Crippen LogP contribution is -2.24. The highest BCUT2D eigenvalue weighted by atomic mass is 16.6. The van der Waals surface area contributed by atoms with Crippen molar-refractivity contribution >= 4 is 17.9 Å². The van der Waals surface area contributed by atoms with Gasteiger partial charge in [-0.2, -0.15) is 0 Å². The molecule has 4 heteroatoms. The number of carbonyl (C=O) groups is 2. The molecule has 92 valence electrons. The van der Waals surface area contributed by atoms with Crippen LogP contribution in [0.2, 0.25) is 0 Å². The molecule has 0 atom stereocenters. The van der Waals surface area contributed by atoms with Crippen molar-refractivity contribution in [2.45, 2.75) is 32.8 Å². The number of rotatable bonds is 3. The van der Waals surface area contributed by atoms with E-state index in [0.717, 1.165) is 6.29 Å². The number of esters is 1. The van der Waals surface area contributed by atoms with Gasteiger partial charge < -0.3 is 15.3 Å². The van der Waals surface area contributed by atoms with E-state index in [4.69, 9.17) is 10.5 Å². The highest BCUT2D eigenvalue weighted by Crippen LogP contribution is 2.17. The predicted octanol–water partition coefficient (Wildman–Crippen LogP) is 1.97. The summed E-state index contributed by atoms with van der Waals surface area (Å²) in [7, 11) is 0. The van der Waals surface area contributed by atoms with Crippen LogP contribution in [0.15, 0.2) is 18.2 Å². The van der Waals surface area contributed by atoms with E-state index in [0.29, 0.717) is 16.8 Å². The molecule has 0 aliphatic heterocycles. The lowest BCUT2D eigenvalue weighted by molar-refractivity contribution is -0.107. The molecular formula is C13H17NO3. The molecule has 0 aliphatic rings. The largest absolute Gasteiger partial charge is 0.456 e. The van der Waals surface area contributed by atoms with E-state index < -0.39 is 11.6 Å². The van der Waals surface area contributed by atoms with Gasteiger partial charge in [-0.25, -0.2) is 4.79 Å². The molecule has 1 rings (SSSR count). The fraction of sp³-hybridized carbons (Fsp3) is 0.385. The lowest BCUT2D eigenvalue weighted by atomic mass is 10.1. The highest BCUT2D eigenvalue weighted by Gasteiger charge is 2.18. The Hall–Kier alpha value is -1.84. The molecule has 0 radical (unpaired) electrons. The Kier molecular flexibility index (Phi) is 3.89. The van der Waals surface area contributed by atoms with E-state index in [2.05, 4.69) is 0 Å². The Morgan fingerprint density at radius 1 is 1.41 bits per heavy atom. The van der Waals surface area contributed by atoms with Gasteiger partial charge in [0.05, 0.1) is 5.56 Å². The second-order valence-corrected chi connectivity index (χ2v) is 4.79. The molecule has 0 saturated carbocycles. The first kappa shape index (κ1) is 13.2.